The number of hydrogen-bond acceptors (Lipinski definition) is 8. The maximum Gasteiger partial charge on any atom is 0.296 e. The van der Waals surface area contributed by atoms with Crippen LogP contribution in [0.5, 0.6) is 17.2 Å². The molecule has 2 heterocycles. The number of nitrogens with zero attached hydrogens (tertiary/aromatic N) is 3. The number of para-hydroxylation sites is 2. The molecule has 0 unspecified atom stereocenters. The van der Waals surface area contributed by atoms with Gasteiger partial charge >= 0.3 is 0 Å². The lowest BCUT2D eigenvalue weighted by atomic mass is 10.0. The number of ether oxygens (including phenoxy) is 2. The second kappa shape index (κ2) is 9.94. The third kappa shape index (κ3) is 5.30. The lowest BCUT2D eigenvalue weighted by Crippen LogP contribution is -2.20. The summed E-state index contributed by atoms with van der Waals surface area (Å²) in [6.45, 7) is 4.02. The molecule has 4 aromatic rings. The van der Waals surface area contributed by atoms with Crippen molar-refractivity contribution in [2.75, 3.05) is 11.8 Å². The molecule has 0 saturated heterocycles. The molecule has 0 fully saturated rings. The van der Waals surface area contributed by atoms with E-state index in [4.69, 9.17) is 9.47 Å². The van der Waals surface area contributed by atoms with Crippen LogP contribution >= 0.6 is 0 Å². The van der Waals surface area contributed by atoms with Gasteiger partial charge in [-0.1, -0.05) is 38.1 Å². The summed E-state index contributed by atoms with van der Waals surface area (Å²) < 4.78 is 39.8. The predicted molar refractivity (Wildman–Crippen MR) is 130 cm³/mol. The van der Waals surface area contributed by atoms with E-state index in [1.165, 1.54) is 31.6 Å². The molecular formula is C24H23N5O5S. The SMILES string of the molecule is COc1ccccc1Oc1c(NS(=O)(=O)c2ccc(C(C)C)cc2)nc(-c2ncccn2)[nH]c1=O. The highest BCUT2D eigenvalue weighted by molar-refractivity contribution is 7.92. The smallest absolute Gasteiger partial charge is 0.296 e. The molecule has 11 heteroatoms. The number of sulfonamides is 1. The van der Waals surface area contributed by atoms with Crippen LogP contribution in [0, 0.1) is 0 Å². The van der Waals surface area contributed by atoms with Crippen molar-refractivity contribution >= 4 is 15.8 Å². The Kier molecular flexibility index (Phi) is 6.78. The van der Waals surface area contributed by atoms with Gasteiger partial charge in [-0.05, 0) is 41.8 Å². The van der Waals surface area contributed by atoms with Crippen LogP contribution in [0.15, 0.2) is 76.7 Å². The van der Waals surface area contributed by atoms with Crippen LogP contribution in [0.3, 0.4) is 0 Å². The number of rotatable bonds is 8. The highest BCUT2D eigenvalue weighted by Crippen LogP contribution is 2.33. The third-order valence-electron chi connectivity index (χ3n) is 5.02. The van der Waals surface area contributed by atoms with Gasteiger partial charge in [-0.25, -0.2) is 23.4 Å². The van der Waals surface area contributed by atoms with Crippen molar-refractivity contribution in [3.63, 3.8) is 0 Å². The Hall–Kier alpha value is -4.25. The van der Waals surface area contributed by atoms with Crippen LogP contribution in [0.2, 0.25) is 0 Å². The number of hydrogen-bond donors (Lipinski definition) is 2. The molecule has 0 aliphatic rings. The molecule has 0 spiro atoms. The van der Waals surface area contributed by atoms with E-state index in [1.807, 2.05) is 13.8 Å². The molecule has 4 rings (SSSR count). The first-order chi connectivity index (χ1) is 16.8. The molecular weight excluding hydrogens is 470 g/mol. The summed E-state index contributed by atoms with van der Waals surface area (Å²) in [6.07, 6.45) is 2.95. The minimum Gasteiger partial charge on any atom is -0.493 e. The quantitative estimate of drug-likeness (QED) is 0.376. The fourth-order valence-electron chi connectivity index (χ4n) is 3.18. The highest BCUT2D eigenvalue weighted by Gasteiger charge is 2.23. The molecule has 0 radical (unpaired) electrons. The van der Waals surface area contributed by atoms with Crippen LogP contribution in [0.1, 0.15) is 25.3 Å². The monoisotopic (exact) mass is 493 g/mol. The van der Waals surface area contributed by atoms with Gasteiger partial charge in [-0.15, -0.1) is 0 Å². The minimum absolute atomic E-state index is 0.00438. The van der Waals surface area contributed by atoms with E-state index in [1.54, 1.807) is 42.5 Å². The number of H-pyrrole nitrogens is 1. The average Bonchev–Trinajstić information content (AvgIpc) is 2.86. The number of aromatic nitrogens is 4. The number of anilines is 1. The summed E-state index contributed by atoms with van der Waals surface area (Å²) in [5.74, 6) is 0.175. The molecule has 2 aromatic carbocycles. The van der Waals surface area contributed by atoms with Crippen molar-refractivity contribution in [3.05, 3.63) is 82.9 Å². The van der Waals surface area contributed by atoms with Crippen molar-refractivity contribution in [1.29, 1.82) is 0 Å². The Morgan fingerprint density at radius 3 is 2.23 bits per heavy atom. The van der Waals surface area contributed by atoms with Gasteiger partial charge in [0.05, 0.1) is 12.0 Å². The maximum absolute atomic E-state index is 13.2. The minimum atomic E-state index is -4.12. The van der Waals surface area contributed by atoms with E-state index < -0.39 is 15.6 Å². The predicted octanol–water partition coefficient (Wildman–Crippen LogP) is 3.95. The molecule has 35 heavy (non-hydrogen) atoms. The van der Waals surface area contributed by atoms with Gasteiger partial charge in [-0.3, -0.25) is 9.52 Å². The van der Waals surface area contributed by atoms with Crippen LogP contribution in [0.25, 0.3) is 11.6 Å². The van der Waals surface area contributed by atoms with Crippen molar-refractivity contribution < 1.29 is 17.9 Å². The Morgan fingerprint density at radius 2 is 1.60 bits per heavy atom. The van der Waals surface area contributed by atoms with Gasteiger partial charge in [0, 0.05) is 12.4 Å². The summed E-state index contributed by atoms with van der Waals surface area (Å²) in [6, 6.07) is 14.7. The van der Waals surface area contributed by atoms with Crippen LogP contribution in [0.4, 0.5) is 5.82 Å². The van der Waals surface area contributed by atoms with Gasteiger partial charge in [-0.2, -0.15) is 0 Å². The largest absolute Gasteiger partial charge is 0.493 e. The molecule has 0 aliphatic heterocycles. The summed E-state index contributed by atoms with van der Waals surface area (Å²) >= 11 is 0. The van der Waals surface area contributed by atoms with Gasteiger partial charge in [0.2, 0.25) is 5.75 Å². The molecule has 2 aromatic heterocycles. The zero-order chi connectivity index (χ0) is 25.0. The van der Waals surface area contributed by atoms with E-state index in [0.29, 0.717) is 5.75 Å². The molecule has 10 nitrogen and oxygen atoms in total. The van der Waals surface area contributed by atoms with Crippen molar-refractivity contribution in [2.45, 2.75) is 24.7 Å². The maximum atomic E-state index is 13.2. The fraction of sp³-hybridized carbons (Fsp3) is 0.167. The van der Waals surface area contributed by atoms with E-state index in [-0.39, 0.29) is 39.8 Å². The lowest BCUT2D eigenvalue weighted by Gasteiger charge is -2.15. The topological polar surface area (TPSA) is 136 Å². The Balaban J connectivity index is 1.80. The Labute approximate surface area is 202 Å². The summed E-state index contributed by atoms with van der Waals surface area (Å²) in [4.78, 5) is 28.0. The van der Waals surface area contributed by atoms with Crippen molar-refractivity contribution in [2.24, 2.45) is 0 Å². The van der Waals surface area contributed by atoms with E-state index >= 15 is 0 Å². The standard InChI is InChI=1S/C24H23N5O5S/c1-15(2)16-9-11-17(12-10-16)35(31,32)29-21-20(34-19-8-5-4-7-18(19)33-3)24(30)28-23(27-21)22-25-13-6-14-26-22/h4-15H,1-3H3,(H2,27,28,29,30). The van der Waals surface area contributed by atoms with Crippen LogP contribution in [-0.2, 0) is 10.0 Å². The molecule has 180 valence electrons. The lowest BCUT2D eigenvalue weighted by molar-refractivity contribution is 0.377. The van der Waals surface area contributed by atoms with Crippen molar-refractivity contribution in [1.82, 2.24) is 19.9 Å². The Bertz CT molecular complexity index is 1490. The van der Waals surface area contributed by atoms with Gasteiger partial charge in [0.25, 0.3) is 15.6 Å². The number of benzene rings is 2. The van der Waals surface area contributed by atoms with Crippen molar-refractivity contribution in [3.8, 4) is 28.9 Å². The second-order valence-corrected chi connectivity index (χ2v) is 9.43. The van der Waals surface area contributed by atoms with Gasteiger partial charge < -0.3 is 14.5 Å². The van der Waals surface area contributed by atoms with Gasteiger partial charge in [0.15, 0.2) is 29.0 Å². The second-order valence-electron chi connectivity index (χ2n) is 7.75. The third-order valence-corrected chi connectivity index (χ3v) is 6.38. The van der Waals surface area contributed by atoms with E-state index in [9.17, 15) is 13.2 Å². The first-order valence-corrected chi connectivity index (χ1v) is 12.1. The molecule has 2 N–H and O–H groups in total. The highest BCUT2D eigenvalue weighted by atomic mass is 32.2. The first-order valence-electron chi connectivity index (χ1n) is 10.6. The summed E-state index contributed by atoms with van der Waals surface area (Å²) in [5.41, 5.74) is 0.253. The normalized spacial score (nSPS) is 11.3. The molecule has 0 saturated carbocycles. The Morgan fingerprint density at radius 1 is 0.943 bits per heavy atom. The summed E-state index contributed by atoms with van der Waals surface area (Å²) in [7, 11) is -2.67. The number of methoxy groups -OCH3 is 1. The first kappa shape index (κ1) is 23.9. The molecule has 0 amide bonds. The molecule has 0 atom stereocenters. The average molecular weight is 494 g/mol. The number of aromatic amines is 1. The number of nitrogens with one attached hydrogen (secondary N) is 2. The van der Waals surface area contributed by atoms with E-state index in [2.05, 4.69) is 24.7 Å². The molecule has 0 aliphatic carbocycles. The zero-order valence-electron chi connectivity index (χ0n) is 19.2. The van der Waals surface area contributed by atoms with E-state index in [0.717, 1.165) is 5.56 Å². The molecule has 0 bridgehead atoms. The summed E-state index contributed by atoms with van der Waals surface area (Å²) in [5, 5.41) is 0. The zero-order valence-corrected chi connectivity index (χ0v) is 20.0. The van der Waals surface area contributed by atoms with Crippen LogP contribution in [-0.4, -0.2) is 35.5 Å². The van der Waals surface area contributed by atoms with Gasteiger partial charge in [0.1, 0.15) is 0 Å². The fourth-order valence-corrected chi connectivity index (χ4v) is 4.19. The van der Waals surface area contributed by atoms with Crippen LogP contribution < -0.4 is 19.8 Å².